The predicted octanol–water partition coefficient (Wildman–Crippen LogP) is -1.04. The summed E-state index contributed by atoms with van der Waals surface area (Å²) in [5.74, 6) is 0. The summed E-state index contributed by atoms with van der Waals surface area (Å²) in [6, 6.07) is 0. The van der Waals surface area contributed by atoms with Gasteiger partial charge in [0.05, 0.1) is 0 Å². The average molecular weight is 285 g/mol. The fourth-order valence-corrected chi connectivity index (χ4v) is 1.95. The molecule has 74 valence electrons. The Hall–Kier alpha value is 0.650. The second kappa shape index (κ2) is 6.16. The van der Waals surface area contributed by atoms with Crippen molar-refractivity contribution in [3.63, 3.8) is 0 Å². The van der Waals surface area contributed by atoms with Crippen LogP contribution in [0.1, 0.15) is 33.1 Å². The first-order valence-corrected chi connectivity index (χ1v) is 4.83. The zero-order chi connectivity index (χ0) is 8.16. The summed E-state index contributed by atoms with van der Waals surface area (Å²) in [4.78, 5) is 5.76. The highest BCUT2D eigenvalue weighted by Gasteiger charge is 2.32. The lowest BCUT2D eigenvalue weighted by molar-refractivity contribution is -1.09. The van der Waals surface area contributed by atoms with E-state index in [2.05, 4.69) is 13.8 Å². The van der Waals surface area contributed by atoms with Gasteiger partial charge in [-0.2, -0.15) is 4.65 Å². The molecule has 0 aromatic carbocycles. The van der Waals surface area contributed by atoms with Crippen molar-refractivity contribution in [3.05, 3.63) is 0 Å². The lowest BCUT2D eigenvalue weighted by Crippen LogP contribution is -3.00. The molecule has 1 rings (SSSR count). The molecule has 0 saturated carbocycles. The van der Waals surface area contributed by atoms with Gasteiger partial charge in [0.25, 0.3) is 0 Å². The van der Waals surface area contributed by atoms with Gasteiger partial charge in [0.1, 0.15) is 26.2 Å². The van der Waals surface area contributed by atoms with Gasteiger partial charge in [-0.15, -0.1) is 0 Å². The molecule has 2 nitrogen and oxygen atoms in total. The number of hydroxylamine groups is 3. The second-order valence-corrected chi connectivity index (χ2v) is 3.42. The van der Waals surface area contributed by atoms with E-state index < -0.39 is 0 Å². The summed E-state index contributed by atoms with van der Waals surface area (Å²) in [7, 11) is 0. The van der Waals surface area contributed by atoms with E-state index in [4.69, 9.17) is 4.84 Å². The average Bonchev–Trinajstić information content (AvgIpc) is 2.39. The van der Waals surface area contributed by atoms with Crippen LogP contribution < -0.4 is 24.0 Å². The number of quaternary nitrogens is 1. The van der Waals surface area contributed by atoms with Crippen LogP contribution in [0.2, 0.25) is 0 Å². The van der Waals surface area contributed by atoms with Gasteiger partial charge in [0.15, 0.2) is 0 Å². The minimum absolute atomic E-state index is 0. The Bertz CT molecular complexity index is 105. The molecule has 0 aromatic rings. The monoisotopic (exact) mass is 285 g/mol. The third-order valence-electron chi connectivity index (χ3n) is 2.34. The van der Waals surface area contributed by atoms with Crippen LogP contribution in [0.4, 0.5) is 0 Å². The fourth-order valence-electron chi connectivity index (χ4n) is 1.95. The smallest absolute Gasteiger partial charge is 0.112 e. The molecule has 12 heavy (non-hydrogen) atoms. The molecule has 0 amide bonds. The van der Waals surface area contributed by atoms with Crippen molar-refractivity contribution in [3.8, 4) is 0 Å². The Balaban J connectivity index is 0.00000121. The highest BCUT2D eigenvalue weighted by Crippen LogP contribution is 2.18. The maximum absolute atomic E-state index is 5.76. The van der Waals surface area contributed by atoms with E-state index in [1.807, 2.05) is 0 Å². The Morgan fingerprint density at radius 2 is 1.75 bits per heavy atom. The van der Waals surface area contributed by atoms with Crippen LogP contribution in [-0.2, 0) is 4.84 Å². The normalized spacial score (nSPS) is 20.5. The van der Waals surface area contributed by atoms with Crippen LogP contribution in [0.25, 0.3) is 0 Å². The Morgan fingerprint density at radius 3 is 2.08 bits per heavy atom. The van der Waals surface area contributed by atoms with E-state index in [1.54, 1.807) is 0 Å². The summed E-state index contributed by atoms with van der Waals surface area (Å²) < 4.78 is 0.938. The lowest BCUT2D eigenvalue weighted by atomic mass is 10.3. The van der Waals surface area contributed by atoms with Crippen LogP contribution in [0, 0.1) is 0 Å². The van der Waals surface area contributed by atoms with E-state index >= 15 is 0 Å². The van der Waals surface area contributed by atoms with Crippen LogP contribution in [0.3, 0.4) is 0 Å². The first kappa shape index (κ1) is 12.7. The first-order valence-electron chi connectivity index (χ1n) is 4.83. The molecule has 0 bridgehead atoms. The zero-order valence-electron chi connectivity index (χ0n) is 8.18. The van der Waals surface area contributed by atoms with Crippen LogP contribution >= 0.6 is 0 Å². The summed E-state index contributed by atoms with van der Waals surface area (Å²) in [5.41, 5.74) is 0. The largest absolute Gasteiger partial charge is 1.00 e. The topological polar surface area (TPSA) is 9.23 Å². The molecular weight excluding hydrogens is 265 g/mol. The first-order chi connectivity index (χ1) is 5.33. The molecule has 1 aliphatic rings. The van der Waals surface area contributed by atoms with Gasteiger partial charge < -0.3 is 24.0 Å². The van der Waals surface area contributed by atoms with Crippen molar-refractivity contribution >= 4 is 0 Å². The van der Waals surface area contributed by atoms with Crippen molar-refractivity contribution < 1.29 is 33.5 Å². The van der Waals surface area contributed by atoms with Crippen LogP contribution in [0.15, 0.2) is 0 Å². The minimum Gasteiger partial charge on any atom is -1.00 e. The number of hydrogen-bond acceptors (Lipinski definition) is 1. The van der Waals surface area contributed by atoms with Crippen LogP contribution in [-0.4, -0.2) is 30.9 Å². The molecule has 0 N–H and O–H groups in total. The van der Waals surface area contributed by atoms with Crippen LogP contribution in [0.5, 0.6) is 0 Å². The fraction of sp³-hybridized carbons (Fsp3) is 1.00. The summed E-state index contributed by atoms with van der Waals surface area (Å²) >= 11 is 0. The molecule has 0 aliphatic carbocycles. The number of nitrogens with zero attached hydrogens (tertiary/aromatic N) is 1. The maximum atomic E-state index is 5.76. The van der Waals surface area contributed by atoms with E-state index in [1.165, 1.54) is 38.9 Å². The minimum atomic E-state index is 0. The third-order valence-corrected chi connectivity index (χ3v) is 2.34. The molecule has 1 heterocycles. The highest BCUT2D eigenvalue weighted by atomic mass is 127. The molecule has 0 unspecified atom stereocenters. The highest BCUT2D eigenvalue weighted by molar-refractivity contribution is 4.43. The third kappa shape index (κ3) is 3.18. The van der Waals surface area contributed by atoms with Gasteiger partial charge in [-0.3, -0.25) is 0 Å². The van der Waals surface area contributed by atoms with Gasteiger partial charge >= 0.3 is 0 Å². The quantitative estimate of drug-likeness (QED) is 0.474. The Kier molecular flexibility index (Phi) is 6.49. The van der Waals surface area contributed by atoms with E-state index in [-0.39, 0.29) is 24.0 Å². The van der Waals surface area contributed by atoms with E-state index in [9.17, 15) is 0 Å². The van der Waals surface area contributed by atoms with E-state index in [0.717, 1.165) is 11.3 Å². The molecule has 0 atom stereocenters. The molecular formula is C9H20INO. The van der Waals surface area contributed by atoms with Gasteiger partial charge in [0.2, 0.25) is 0 Å². The summed E-state index contributed by atoms with van der Waals surface area (Å²) in [6.45, 7) is 9.08. The Morgan fingerprint density at radius 1 is 1.17 bits per heavy atom. The molecule has 0 radical (unpaired) electrons. The van der Waals surface area contributed by atoms with Crippen molar-refractivity contribution in [2.75, 3.05) is 26.2 Å². The molecule has 3 heteroatoms. The molecule has 1 fully saturated rings. The van der Waals surface area contributed by atoms with Gasteiger partial charge in [-0.25, -0.2) is 4.84 Å². The van der Waals surface area contributed by atoms with Crippen molar-refractivity contribution in [1.82, 2.24) is 0 Å². The number of hydrogen-bond donors (Lipinski definition) is 0. The number of rotatable bonds is 4. The predicted molar refractivity (Wildman–Crippen MR) is 46.0 cm³/mol. The SMILES string of the molecule is CCC[N+]1(CCC)CCCO1.[I-]. The molecule has 1 aliphatic heterocycles. The summed E-state index contributed by atoms with van der Waals surface area (Å²) in [5, 5.41) is 0. The van der Waals surface area contributed by atoms with Crippen molar-refractivity contribution in [1.29, 1.82) is 0 Å². The van der Waals surface area contributed by atoms with Gasteiger partial charge in [-0.1, -0.05) is 13.8 Å². The molecule has 0 aromatic heterocycles. The number of halogens is 1. The molecule has 1 saturated heterocycles. The Labute approximate surface area is 92.8 Å². The lowest BCUT2D eigenvalue weighted by Gasteiger charge is -2.29. The molecule has 0 spiro atoms. The van der Waals surface area contributed by atoms with E-state index in [0.29, 0.717) is 0 Å². The maximum Gasteiger partial charge on any atom is 0.112 e. The summed E-state index contributed by atoms with van der Waals surface area (Å²) in [6.07, 6.45) is 3.72. The van der Waals surface area contributed by atoms with Gasteiger partial charge in [-0.05, 0) is 12.8 Å². The zero-order valence-corrected chi connectivity index (χ0v) is 10.3. The van der Waals surface area contributed by atoms with Crippen molar-refractivity contribution in [2.45, 2.75) is 33.1 Å². The van der Waals surface area contributed by atoms with Gasteiger partial charge in [0, 0.05) is 6.42 Å². The second-order valence-electron chi connectivity index (χ2n) is 3.42. The standard InChI is InChI=1S/C9H20NO.HI/c1-3-6-10(7-4-2)8-5-9-11-10;/h3-9H2,1-2H3;1H/q+1;/p-1. The van der Waals surface area contributed by atoms with Crippen molar-refractivity contribution in [2.24, 2.45) is 0 Å².